The van der Waals surface area contributed by atoms with Crippen molar-refractivity contribution in [1.29, 1.82) is 5.26 Å². The van der Waals surface area contributed by atoms with E-state index in [1.54, 1.807) is 19.1 Å². The number of rotatable bonds is 0. The largest absolute Gasteiger partial charge is 0.454 e. The third-order valence-electron chi connectivity index (χ3n) is 2.36. The number of carbonyl (C=O) groups is 1. The molecule has 3 nitrogen and oxygen atoms in total. The molecular weight excluding hydrogens is 178 g/mol. The molecule has 0 radical (unpaired) electrons. The minimum absolute atomic E-state index is 0.0878. The molecule has 0 saturated heterocycles. The molecule has 0 saturated carbocycles. The number of carbonyl (C=O) groups excluding carboxylic acids is 1. The summed E-state index contributed by atoms with van der Waals surface area (Å²) in [5.41, 5.74) is 1.18. The van der Waals surface area contributed by atoms with Crippen LogP contribution in [0.1, 0.15) is 6.92 Å². The summed E-state index contributed by atoms with van der Waals surface area (Å²) < 4.78 is 5.15. The van der Waals surface area contributed by atoms with E-state index in [1.165, 1.54) is 0 Å². The fourth-order valence-electron chi connectivity index (χ4n) is 1.58. The second kappa shape index (κ2) is 3.15. The standard InChI is InChI=1S/C11H9NO2/c1-7-4-9-3-2-8(6-12)5-10(9)14-11(7)13/h2-5,9-10H,1H3. The van der Waals surface area contributed by atoms with E-state index in [2.05, 4.69) is 0 Å². The lowest BCUT2D eigenvalue weighted by atomic mass is 9.90. The summed E-state index contributed by atoms with van der Waals surface area (Å²) in [6.07, 6.45) is 6.90. The molecule has 0 aromatic carbocycles. The molecule has 1 heterocycles. The Kier molecular flexibility index (Phi) is 1.97. The van der Waals surface area contributed by atoms with Crippen LogP contribution in [0.25, 0.3) is 0 Å². The molecule has 0 fully saturated rings. The van der Waals surface area contributed by atoms with Gasteiger partial charge in [0.2, 0.25) is 0 Å². The smallest absolute Gasteiger partial charge is 0.334 e. The van der Waals surface area contributed by atoms with Crippen molar-refractivity contribution in [3.8, 4) is 6.07 Å². The Morgan fingerprint density at radius 1 is 1.50 bits per heavy atom. The maximum atomic E-state index is 11.2. The van der Waals surface area contributed by atoms with Crippen LogP contribution in [0.5, 0.6) is 0 Å². The molecule has 1 aliphatic heterocycles. The van der Waals surface area contributed by atoms with Gasteiger partial charge < -0.3 is 4.74 Å². The van der Waals surface area contributed by atoms with Gasteiger partial charge in [0.15, 0.2) is 0 Å². The van der Waals surface area contributed by atoms with Crippen LogP contribution in [0.4, 0.5) is 0 Å². The number of ether oxygens (including phenoxy) is 1. The first-order valence-electron chi connectivity index (χ1n) is 4.40. The van der Waals surface area contributed by atoms with E-state index in [4.69, 9.17) is 10.00 Å². The van der Waals surface area contributed by atoms with Crippen LogP contribution in [0.2, 0.25) is 0 Å². The number of esters is 1. The summed E-state index contributed by atoms with van der Waals surface area (Å²) >= 11 is 0. The van der Waals surface area contributed by atoms with Crippen molar-refractivity contribution in [2.75, 3.05) is 0 Å². The Morgan fingerprint density at radius 2 is 2.29 bits per heavy atom. The van der Waals surface area contributed by atoms with Crippen LogP contribution in [0.15, 0.2) is 35.5 Å². The van der Waals surface area contributed by atoms with Gasteiger partial charge in [0, 0.05) is 11.5 Å². The minimum Gasteiger partial charge on any atom is -0.454 e. The molecule has 0 spiro atoms. The monoisotopic (exact) mass is 187 g/mol. The number of fused-ring (bicyclic) bond motifs is 1. The van der Waals surface area contributed by atoms with Gasteiger partial charge in [-0.2, -0.15) is 5.26 Å². The van der Waals surface area contributed by atoms with Crippen molar-refractivity contribution >= 4 is 5.97 Å². The second-order valence-electron chi connectivity index (χ2n) is 3.39. The molecule has 2 rings (SSSR count). The van der Waals surface area contributed by atoms with Gasteiger partial charge in [-0.1, -0.05) is 12.2 Å². The average Bonchev–Trinajstić information content (AvgIpc) is 2.19. The van der Waals surface area contributed by atoms with Gasteiger partial charge in [0.05, 0.1) is 11.6 Å². The Balaban J connectivity index is 2.32. The van der Waals surface area contributed by atoms with Crippen LogP contribution in [-0.2, 0) is 9.53 Å². The van der Waals surface area contributed by atoms with E-state index in [9.17, 15) is 4.79 Å². The van der Waals surface area contributed by atoms with Gasteiger partial charge >= 0.3 is 5.97 Å². The zero-order valence-electron chi connectivity index (χ0n) is 7.73. The van der Waals surface area contributed by atoms with Gasteiger partial charge in [0.25, 0.3) is 0 Å². The Hall–Kier alpha value is -1.82. The third-order valence-corrected chi connectivity index (χ3v) is 2.36. The summed E-state index contributed by atoms with van der Waals surface area (Å²) in [6.45, 7) is 1.73. The van der Waals surface area contributed by atoms with Crippen LogP contribution >= 0.6 is 0 Å². The zero-order valence-corrected chi connectivity index (χ0v) is 7.73. The topological polar surface area (TPSA) is 50.1 Å². The van der Waals surface area contributed by atoms with Gasteiger partial charge in [-0.3, -0.25) is 0 Å². The van der Waals surface area contributed by atoms with Crippen molar-refractivity contribution in [2.24, 2.45) is 5.92 Å². The lowest BCUT2D eigenvalue weighted by Crippen LogP contribution is -2.30. The van der Waals surface area contributed by atoms with E-state index < -0.39 is 0 Å². The summed E-state index contributed by atoms with van der Waals surface area (Å²) in [5.74, 6) is -0.208. The van der Waals surface area contributed by atoms with Crippen molar-refractivity contribution in [2.45, 2.75) is 13.0 Å². The molecule has 1 aliphatic carbocycles. The first-order chi connectivity index (χ1) is 6.70. The number of hydrogen-bond donors (Lipinski definition) is 0. The van der Waals surface area contributed by atoms with Crippen LogP contribution in [0.3, 0.4) is 0 Å². The number of nitrogens with zero attached hydrogens (tertiary/aromatic N) is 1. The number of allylic oxidation sites excluding steroid dienone is 2. The minimum atomic E-state index is -0.300. The molecule has 2 unspecified atom stereocenters. The maximum Gasteiger partial charge on any atom is 0.334 e. The quantitative estimate of drug-likeness (QED) is 0.540. The first kappa shape index (κ1) is 8.76. The first-order valence-corrected chi connectivity index (χ1v) is 4.40. The van der Waals surface area contributed by atoms with E-state index in [0.29, 0.717) is 11.1 Å². The van der Waals surface area contributed by atoms with E-state index in [-0.39, 0.29) is 18.0 Å². The predicted octanol–water partition coefficient (Wildman–Crippen LogP) is 1.49. The van der Waals surface area contributed by atoms with Gasteiger partial charge in [-0.15, -0.1) is 0 Å². The van der Waals surface area contributed by atoms with Crippen LogP contribution in [-0.4, -0.2) is 12.1 Å². The van der Waals surface area contributed by atoms with Gasteiger partial charge in [-0.05, 0) is 19.1 Å². The maximum absolute atomic E-state index is 11.2. The molecule has 3 heteroatoms. The highest BCUT2D eigenvalue weighted by molar-refractivity contribution is 5.89. The van der Waals surface area contributed by atoms with Gasteiger partial charge in [0.1, 0.15) is 6.10 Å². The molecule has 2 aliphatic rings. The average molecular weight is 187 g/mol. The fourth-order valence-corrected chi connectivity index (χ4v) is 1.58. The molecule has 0 N–H and O–H groups in total. The molecule has 14 heavy (non-hydrogen) atoms. The number of nitriles is 1. The van der Waals surface area contributed by atoms with Crippen molar-refractivity contribution < 1.29 is 9.53 Å². The van der Waals surface area contributed by atoms with E-state index in [1.807, 2.05) is 18.2 Å². The van der Waals surface area contributed by atoms with E-state index in [0.717, 1.165) is 0 Å². The summed E-state index contributed by atoms with van der Waals surface area (Å²) in [6, 6.07) is 2.03. The normalized spacial score (nSPS) is 29.6. The van der Waals surface area contributed by atoms with Gasteiger partial charge in [-0.25, -0.2) is 4.79 Å². The molecule has 0 bridgehead atoms. The third kappa shape index (κ3) is 1.35. The van der Waals surface area contributed by atoms with Crippen molar-refractivity contribution in [3.05, 3.63) is 35.5 Å². The Bertz CT molecular complexity index is 409. The van der Waals surface area contributed by atoms with Crippen molar-refractivity contribution in [3.63, 3.8) is 0 Å². The van der Waals surface area contributed by atoms with Crippen LogP contribution < -0.4 is 0 Å². The summed E-state index contributed by atoms with van der Waals surface area (Å²) in [7, 11) is 0. The molecule has 0 aromatic heterocycles. The highest BCUT2D eigenvalue weighted by atomic mass is 16.5. The van der Waals surface area contributed by atoms with Crippen LogP contribution in [0, 0.1) is 17.2 Å². The van der Waals surface area contributed by atoms with E-state index >= 15 is 0 Å². The highest BCUT2D eigenvalue weighted by Crippen LogP contribution is 2.26. The SMILES string of the molecule is CC1=CC2C=CC(C#N)=CC2OC1=O. The molecule has 0 aromatic rings. The lowest BCUT2D eigenvalue weighted by Gasteiger charge is -2.27. The second-order valence-corrected chi connectivity index (χ2v) is 3.39. The summed E-state index contributed by atoms with van der Waals surface area (Å²) in [4.78, 5) is 11.2. The Labute approximate surface area is 82.0 Å². The molecule has 70 valence electrons. The zero-order chi connectivity index (χ0) is 10.1. The molecule has 0 amide bonds. The summed E-state index contributed by atoms with van der Waals surface area (Å²) in [5, 5.41) is 8.67. The highest BCUT2D eigenvalue weighted by Gasteiger charge is 2.28. The Morgan fingerprint density at radius 3 is 3.00 bits per heavy atom. The predicted molar refractivity (Wildman–Crippen MR) is 50.0 cm³/mol. The number of hydrogen-bond acceptors (Lipinski definition) is 3. The lowest BCUT2D eigenvalue weighted by molar-refractivity contribution is -0.144. The molecular formula is C11H9NO2. The fraction of sp³-hybridized carbons (Fsp3) is 0.273. The van der Waals surface area contributed by atoms with Crippen molar-refractivity contribution in [1.82, 2.24) is 0 Å². The molecule has 2 atom stereocenters.